The van der Waals surface area contributed by atoms with E-state index in [1.165, 1.54) is 0 Å². The fraction of sp³-hybridized carbons (Fsp3) is 0.435. The van der Waals surface area contributed by atoms with Crippen LogP contribution < -0.4 is 15.2 Å². The zero-order valence-electron chi connectivity index (χ0n) is 17.6. The summed E-state index contributed by atoms with van der Waals surface area (Å²) in [5.74, 6) is 0.325. The molecule has 0 bridgehead atoms. The highest BCUT2D eigenvalue weighted by Gasteiger charge is 2.54. The summed E-state index contributed by atoms with van der Waals surface area (Å²) >= 11 is 0. The molecule has 7 nitrogen and oxygen atoms in total. The topological polar surface area (TPSA) is 119 Å². The molecule has 0 radical (unpaired) electrons. The number of benzene rings is 1. The summed E-state index contributed by atoms with van der Waals surface area (Å²) in [6, 6.07) is 11.9. The van der Waals surface area contributed by atoms with Crippen molar-refractivity contribution in [1.82, 2.24) is 4.90 Å². The second kappa shape index (κ2) is 8.11. The molecule has 2 atom stereocenters. The number of hydrogen-bond donors (Lipinski definition) is 1. The van der Waals surface area contributed by atoms with Gasteiger partial charge in [0, 0.05) is 24.9 Å². The molecule has 30 heavy (non-hydrogen) atoms. The van der Waals surface area contributed by atoms with E-state index in [1.54, 1.807) is 13.2 Å². The Morgan fingerprint density at radius 3 is 2.47 bits per heavy atom. The van der Waals surface area contributed by atoms with E-state index in [9.17, 15) is 15.8 Å². The van der Waals surface area contributed by atoms with Crippen LogP contribution in [-0.2, 0) is 0 Å². The molecule has 0 unspecified atom stereocenters. The quantitative estimate of drug-likeness (QED) is 0.821. The lowest BCUT2D eigenvalue weighted by Gasteiger charge is -2.45. The average Bonchev–Trinajstić information content (AvgIpc) is 2.73. The summed E-state index contributed by atoms with van der Waals surface area (Å²) in [6.45, 7) is 5.13. The van der Waals surface area contributed by atoms with Crippen LogP contribution in [0.25, 0.3) is 0 Å². The number of allylic oxidation sites excluding steroid dienone is 2. The van der Waals surface area contributed by atoms with Crippen molar-refractivity contribution in [3.05, 3.63) is 46.7 Å². The SMILES string of the molecule is COc1cc([C@@H]2[C@H]3CN(C)CC=C3C(C#N)=C(N)C2(C#N)C#N)ccc1OC(C)C. The molecular weight excluding hydrogens is 378 g/mol. The Morgan fingerprint density at radius 2 is 1.90 bits per heavy atom. The number of likely N-dealkylation sites (N-methyl/N-ethyl adjacent to an activating group) is 1. The van der Waals surface area contributed by atoms with Crippen LogP contribution in [0.4, 0.5) is 0 Å². The summed E-state index contributed by atoms with van der Waals surface area (Å²) in [5.41, 5.74) is 6.50. The van der Waals surface area contributed by atoms with Crippen LogP contribution in [0, 0.1) is 45.3 Å². The number of nitrogens with zero attached hydrogens (tertiary/aromatic N) is 4. The molecule has 0 amide bonds. The van der Waals surface area contributed by atoms with Gasteiger partial charge in [-0.3, -0.25) is 0 Å². The monoisotopic (exact) mass is 403 g/mol. The van der Waals surface area contributed by atoms with Crippen molar-refractivity contribution in [2.45, 2.75) is 25.9 Å². The molecule has 1 aromatic rings. The fourth-order valence-corrected chi connectivity index (χ4v) is 4.43. The van der Waals surface area contributed by atoms with E-state index in [-0.39, 0.29) is 23.3 Å². The molecule has 1 heterocycles. The second-order valence-corrected chi connectivity index (χ2v) is 7.97. The number of nitriles is 3. The third-order valence-electron chi connectivity index (χ3n) is 5.76. The van der Waals surface area contributed by atoms with Crippen LogP contribution in [0.3, 0.4) is 0 Å². The summed E-state index contributed by atoms with van der Waals surface area (Å²) in [6.07, 6.45) is 1.94. The fourth-order valence-electron chi connectivity index (χ4n) is 4.43. The first-order chi connectivity index (χ1) is 14.3. The van der Waals surface area contributed by atoms with Crippen LogP contribution in [0.1, 0.15) is 25.3 Å². The van der Waals surface area contributed by atoms with Gasteiger partial charge in [-0.05, 0) is 44.2 Å². The molecule has 3 rings (SSSR count). The van der Waals surface area contributed by atoms with E-state index in [0.717, 1.165) is 11.1 Å². The van der Waals surface area contributed by atoms with Gasteiger partial charge in [0.25, 0.3) is 0 Å². The number of nitrogens with two attached hydrogens (primary N) is 1. The lowest BCUT2D eigenvalue weighted by Crippen LogP contribution is -2.47. The zero-order chi connectivity index (χ0) is 22.1. The van der Waals surface area contributed by atoms with Gasteiger partial charge in [-0.25, -0.2) is 0 Å². The number of methoxy groups -OCH3 is 1. The summed E-state index contributed by atoms with van der Waals surface area (Å²) in [4.78, 5) is 2.10. The molecule has 0 spiro atoms. The minimum Gasteiger partial charge on any atom is -0.493 e. The molecule has 2 N–H and O–H groups in total. The molecule has 0 saturated carbocycles. The first-order valence-electron chi connectivity index (χ1n) is 9.79. The van der Waals surface area contributed by atoms with E-state index in [2.05, 4.69) is 23.1 Å². The highest BCUT2D eigenvalue weighted by molar-refractivity contribution is 5.60. The lowest BCUT2D eigenvalue weighted by atomic mass is 9.58. The van der Waals surface area contributed by atoms with Crippen LogP contribution in [0.2, 0.25) is 0 Å². The summed E-state index contributed by atoms with van der Waals surface area (Å²) in [7, 11) is 3.52. The largest absolute Gasteiger partial charge is 0.493 e. The van der Waals surface area contributed by atoms with Crippen molar-refractivity contribution < 1.29 is 9.47 Å². The maximum absolute atomic E-state index is 10.1. The average molecular weight is 403 g/mol. The Hall–Kier alpha value is -3.47. The van der Waals surface area contributed by atoms with Gasteiger partial charge in [0.1, 0.15) is 6.07 Å². The van der Waals surface area contributed by atoms with Gasteiger partial charge in [0.2, 0.25) is 0 Å². The number of hydrogen-bond acceptors (Lipinski definition) is 7. The second-order valence-electron chi connectivity index (χ2n) is 7.97. The van der Waals surface area contributed by atoms with Crippen molar-refractivity contribution in [3.8, 4) is 29.7 Å². The minimum atomic E-state index is -1.66. The molecule has 1 aromatic carbocycles. The summed E-state index contributed by atoms with van der Waals surface area (Å²) < 4.78 is 11.3. The molecule has 1 aliphatic carbocycles. The van der Waals surface area contributed by atoms with E-state index in [1.807, 2.05) is 39.1 Å². The molecule has 1 aliphatic heterocycles. The predicted octanol–water partition coefficient (Wildman–Crippen LogP) is 2.84. The van der Waals surface area contributed by atoms with Gasteiger partial charge < -0.3 is 20.1 Å². The highest BCUT2D eigenvalue weighted by Crippen LogP contribution is 2.54. The third-order valence-corrected chi connectivity index (χ3v) is 5.76. The standard InChI is InChI=1S/C23H25N5O2/c1-14(2)30-19-6-5-15(9-20(19)29-4)21-18-11-28(3)8-7-16(18)17(10-24)22(27)23(21,12-25)13-26/h5-7,9,14,18,21H,8,11,27H2,1-4H3/t18-,21+/m0/s1. The van der Waals surface area contributed by atoms with E-state index < -0.39 is 11.3 Å². The Morgan fingerprint density at radius 1 is 1.20 bits per heavy atom. The van der Waals surface area contributed by atoms with Crippen LogP contribution in [-0.4, -0.2) is 38.3 Å². The Kier molecular flexibility index (Phi) is 5.74. The van der Waals surface area contributed by atoms with Gasteiger partial charge in [-0.15, -0.1) is 0 Å². The van der Waals surface area contributed by atoms with Gasteiger partial charge in [0.05, 0.1) is 36.6 Å². The molecule has 0 fully saturated rings. The third kappa shape index (κ3) is 3.26. The van der Waals surface area contributed by atoms with Crippen molar-refractivity contribution in [1.29, 1.82) is 15.8 Å². The number of rotatable bonds is 4. The Labute approximate surface area is 177 Å². The number of ether oxygens (including phenoxy) is 2. The molecule has 2 aliphatic rings. The number of fused-ring (bicyclic) bond motifs is 1. The molecular formula is C23H25N5O2. The lowest BCUT2D eigenvalue weighted by molar-refractivity contribution is 0.227. The van der Waals surface area contributed by atoms with Crippen LogP contribution in [0.5, 0.6) is 11.5 Å². The molecule has 7 heteroatoms. The molecule has 154 valence electrons. The smallest absolute Gasteiger partial charge is 0.191 e. The predicted molar refractivity (Wildman–Crippen MR) is 111 cm³/mol. The Balaban J connectivity index is 2.26. The van der Waals surface area contributed by atoms with Crippen molar-refractivity contribution in [2.24, 2.45) is 17.1 Å². The Bertz CT molecular complexity index is 1020. The van der Waals surface area contributed by atoms with Crippen molar-refractivity contribution >= 4 is 0 Å². The first-order valence-corrected chi connectivity index (χ1v) is 9.79. The van der Waals surface area contributed by atoms with Gasteiger partial charge in [-0.1, -0.05) is 12.1 Å². The van der Waals surface area contributed by atoms with Crippen LogP contribution >= 0.6 is 0 Å². The van der Waals surface area contributed by atoms with E-state index in [0.29, 0.717) is 24.6 Å². The molecule has 0 saturated heterocycles. The highest BCUT2D eigenvalue weighted by atomic mass is 16.5. The maximum atomic E-state index is 10.1. The van der Waals surface area contributed by atoms with E-state index in [4.69, 9.17) is 15.2 Å². The normalized spacial score (nSPS) is 22.9. The zero-order valence-corrected chi connectivity index (χ0v) is 17.6. The first kappa shape index (κ1) is 21.2. The van der Waals surface area contributed by atoms with Crippen molar-refractivity contribution in [3.63, 3.8) is 0 Å². The van der Waals surface area contributed by atoms with Gasteiger partial charge >= 0.3 is 0 Å². The molecule has 0 aromatic heterocycles. The van der Waals surface area contributed by atoms with Crippen molar-refractivity contribution in [2.75, 3.05) is 27.2 Å². The van der Waals surface area contributed by atoms with Gasteiger partial charge in [0.15, 0.2) is 16.9 Å². The van der Waals surface area contributed by atoms with E-state index >= 15 is 0 Å². The van der Waals surface area contributed by atoms with Crippen LogP contribution in [0.15, 0.2) is 41.1 Å². The minimum absolute atomic E-state index is 0.0218. The van der Waals surface area contributed by atoms with Gasteiger partial charge in [-0.2, -0.15) is 15.8 Å². The maximum Gasteiger partial charge on any atom is 0.191 e. The summed E-state index contributed by atoms with van der Waals surface area (Å²) in [5, 5.41) is 30.0.